The van der Waals surface area contributed by atoms with E-state index in [9.17, 15) is 14.4 Å². The third kappa shape index (κ3) is 4.64. The summed E-state index contributed by atoms with van der Waals surface area (Å²) in [4.78, 5) is 38.6. The maximum absolute atomic E-state index is 12.4. The van der Waals surface area contributed by atoms with Crippen LogP contribution in [0.5, 0.6) is 0 Å². The van der Waals surface area contributed by atoms with Crippen LogP contribution in [0.1, 0.15) is 31.2 Å². The second-order valence-electron chi connectivity index (χ2n) is 7.46. The normalized spacial score (nSPS) is 19.2. The van der Waals surface area contributed by atoms with Crippen molar-refractivity contribution in [3.05, 3.63) is 34.9 Å². The van der Waals surface area contributed by atoms with Crippen molar-refractivity contribution < 1.29 is 19.1 Å². The fourth-order valence-electron chi connectivity index (χ4n) is 3.78. The highest BCUT2D eigenvalue weighted by Crippen LogP contribution is 2.34. The standard InChI is InChI=1S/C20H26ClN3O4/c1-23-13-18(26)24(19(23)27)10-2-3-17(25)22-14-20(8-11-28-12-9-20)15-4-6-16(21)7-5-15/h4-7H,2-3,8-14H2,1H3,(H,22,25). The zero-order chi connectivity index (χ0) is 20.1. The number of nitrogens with zero attached hydrogens (tertiary/aromatic N) is 2. The fourth-order valence-corrected chi connectivity index (χ4v) is 3.90. The molecule has 0 unspecified atom stereocenters. The number of likely N-dealkylation sites (N-methyl/N-ethyl adjacent to an activating group) is 1. The molecule has 0 saturated carbocycles. The molecule has 0 atom stereocenters. The largest absolute Gasteiger partial charge is 0.381 e. The van der Waals surface area contributed by atoms with Gasteiger partial charge in [0.2, 0.25) is 11.8 Å². The number of benzene rings is 1. The van der Waals surface area contributed by atoms with Crippen LogP contribution in [-0.4, -0.2) is 67.5 Å². The minimum atomic E-state index is -0.297. The molecule has 0 bridgehead atoms. The number of hydrogen-bond donors (Lipinski definition) is 1. The van der Waals surface area contributed by atoms with Crippen molar-refractivity contribution in [1.29, 1.82) is 0 Å². The van der Waals surface area contributed by atoms with Crippen LogP contribution in [-0.2, 0) is 19.7 Å². The Morgan fingerprint density at radius 3 is 2.50 bits per heavy atom. The number of urea groups is 1. The van der Waals surface area contributed by atoms with Crippen molar-refractivity contribution in [1.82, 2.24) is 15.1 Å². The van der Waals surface area contributed by atoms with Gasteiger partial charge in [-0.2, -0.15) is 0 Å². The summed E-state index contributed by atoms with van der Waals surface area (Å²) in [5.41, 5.74) is 0.985. The first-order valence-electron chi connectivity index (χ1n) is 9.57. The van der Waals surface area contributed by atoms with Gasteiger partial charge in [-0.25, -0.2) is 4.79 Å². The Morgan fingerprint density at radius 1 is 1.21 bits per heavy atom. The Morgan fingerprint density at radius 2 is 1.89 bits per heavy atom. The van der Waals surface area contributed by atoms with E-state index in [4.69, 9.17) is 16.3 Å². The Labute approximate surface area is 169 Å². The highest BCUT2D eigenvalue weighted by atomic mass is 35.5. The first-order chi connectivity index (χ1) is 13.4. The average Bonchev–Trinajstić information content (AvgIpc) is 2.93. The van der Waals surface area contributed by atoms with E-state index in [1.165, 1.54) is 9.80 Å². The molecule has 0 aliphatic carbocycles. The number of carbonyl (C=O) groups excluding carboxylic acids is 3. The molecule has 2 aliphatic heterocycles. The minimum absolute atomic E-state index is 0.0766. The Bertz CT molecular complexity index is 731. The van der Waals surface area contributed by atoms with Gasteiger partial charge < -0.3 is 15.0 Å². The van der Waals surface area contributed by atoms with Crippen LogP contribution in [0.3, 0.4) is 0 Å². The van der Waals surface area contributed by atoms with Crippen LogP contribution in [0.2, 0.25) is 5.02 Å². The Hall–Kier alpha value is -2.12. The lowest BCUT2D eigenvalue weighted by atomic mass is 9.74. The number of nitrogens with one attached hydrogen (secondary N) is 1. The first-order valence-corrected chi connectivity index (χ1v) is 9.95. The van der Waals surface area contributed by atoms with Crippen molar-refractivity contribution in [2.24, 2.45) is 0 Å². The second-order valence-corrected chi connectivity index (χ2v) is 7.90. The van der Waals surface area contributed by atoms with Crippen LogP contribution in [0.4, 0.5) is 4.79 Å². The van der Waals surface area contributed by atoms with Crippen LogP contribution in [0.25, 0.3) is 0 Å². The van der Waals surface area contributed by atoms with E-state index in [-0.39, 0.29) is 42.8 Å². The second kappa shape index (κ2) is 8.92. The lowest BCUT2D eigenvalue weighted by Crippen LogP contribution is -2.44. The smallest absolute Gasteiger partial charge is 0.326 e. The summed E-state index contributed by atoms with van der Waals surface area (Å²) in [6.07, 6.45) is 2.39. The van der Waals surface area contributed by atoms with E-state index in [0.29, 0.717) is 31.2 Å². The van der Waals surface area contributed by atoms with Crippen molar-refractivity contribution in [2.45, 2.75) is 31.1 Å². The minimum Gasteiger partial charge on any atom is -0.381 e. The van der Waals surface area contributed by atoms with Crippen LogP contribution in [0, 0.1) is 0 Å². The van der Waals surface area contributed by atoms with Crippen LogP contribution < -0.4 is 5.32 Å². The van der Waals surface area contributed by atoms with Gasteiger partial charge in [0, 0.05) is 50.2 Å². The summed E-state index contributed by atoms with van der Waals surface area (Å²) < 4.78 is 5.52. The Kier molecular flexibility index (Phi) is 6.57. The number of ether oxygens (including phenoxy) is 1. The molecule has 1 N–H and O–H groups in total. The fraction of sp³-hybridized carbons (Fsp3) is 0.550. The molecule has 8 heteroatoms. The molecular weight excluding hydrogens is 382 g/mol. The van der Waals surface area contributed by atoms with Crippen molar-refractivity contribution >= 4 is 29.4 Å². The molecule has 7 nitrogen and oxygen atoms in total. The summed E-state index contributed by atoms with van der Waals surface area (Å²) in [5, 5.41) is 3.72. The number of imide groups is 1. The van der Waals surface area contributed by atoms with E-state index in [1.54, 1.807) is 7.05 Å². The van der Waals surface area contributed by atoms with Crippen LogP contribution >= 0.6 is 11.6 Å². The van der Waals surface area contributed by atoms with E-state index in [1.807, 2.05) is 24.3 Å². The van der Waals surface area contributed by atoms with E-state index < -0.39 is 0 Å². The molecule has 152 valence electrons. The molecule has 4 amide bonds. The lowest BCUT2D eigenvalue weighted by molar-refractivity contribution is -0.126. The third-order valence-electron chi connectivity index (χ3n) is 5.55. The number of amides is 4. The number of hydrogen-bond acceptors (Lipinski definition) is 4. The molecule has 2 saturated heterocycles. The molecule has 2 heterocycles. The molecular formula is C20H26ClN3O4. The number of rotatable bonds is 7. The zero-order valence-electron chi connectivity index (χ0n) is 16.1. The summed E-state index contributed by atoms with van der Waals surface area (Å²) >= 11 is 6.01. The van der Waals surface area contributed by atoms with E-state index in [2.05, 4.69) is 5.32 Å². The zero-order valence-corrected chi connectivity index (χ0v) is 16.8. The summed E-state index contributed by atoms with van der Waals surface area (Å²) in [6, 6.07) is 7.48. The number of halogens is 1. The molecule has 3 rings (SSSR count). The third-order valence-corrected chi connectivity index (χ3v) is 5.80. The molecule has 28 heavy (non-hydrogen) atoms. The molecule has 0 radical (unpaired) electrons. The van der Waals surface area contributed by atoms with Crippen LogP contribution in [0.15, 0.2) is 24.3 Å². The van der Waals surface area contributed by atoms with Gasteiger partial charge in [0.1, 0.15) is 6.54 Å². The van der Waals surface area contributed by atoms with E-state index in [0.717, 1.165) is 18.4 Å². The SMILES string of the molecule is CN1CC(=O)N(CCCC(=O)NCC2(c3ccc(Cl)cc3)CCOCC2)C1=O. The van der Waals surface area contributed by atoms with Gasteiger partial charge in [-0.15, -0.1) is 0 Å². The van der Waals surface area contributed by atoms with Gasteiger partial charge in [-0.1, -0.05) is 23.7 Å². The van der Waals surface area contributed by atoms with Gasteiger partial charge in [0.15, 0.2) is 0 Å². The van der Waals surface area contributed by atoms with Crippen molar-refractivity contribution in [3.63, 3.8) is 0 Å². The summed E-state index contributed by atoms with van der Waals surface area (Å²) in [5.74, 6) is -0.288. The van der Waals surface area contributed by atoms with E-state index >= 15 is 0 Å². The predicted octanol–water partition coefficient (Wildman–Crippen LogP) is 2.18. The average molecular weight is 408 g/mol. The summed E-state index contributed by atoms with van der Waals surface area (Å²) in [7, 11) is 1.59. The van der Waals surface area contributed by atoms with Gasteiger partial charge in [-0.3, -0.25) is 14.5 Å². The van der Waals surface area contributed by atoms with Crippen molar-refractivity contribution in [2.75, 3.05) is 39.9 Å². The van der Waals surface area contributed by atoms with Gasteiger partial charge in [-0.05, 0) is 37.0 Å². The van der Waals surface area contributed by atoms with Gasteiger partial charge in [0.05, 0.1) is 0 Å². The molecule has 0 spiro atoms. The monoisotopic (exact) mass is 407 g/mol. The highest BCUT2D eigenvalue weighted by molar-refractivity contribution is 6.30. The topological polar surface area (TPSA) is 79.0 Å². The first kappa shape index (κ1) is 20.6. The molecule has 0 aromatic heterocycles. The van der Waals surface area contributed by atoms with Gasteiger partial charge in [0.25, 0.3) is 0 Å². The Balaban J connectivity index is 1.52. The molecule has 1 aromatic carbocycles. The maximum atomic E-state index is 12.4. The quantitative estimate of drug-likeness (QED) is 0.702. The van der Waals surface area contributed by atoms with Gasteiger partial charge >= 0.3 is 6.03 Å². The highest BCUT2D eigenvalue weighted by Gasteiger charge is 2.35. The molecule has 2 aliphatic rings. The predicted molar refractivity (Wildman–Crippen MR) is 105 cm³/mol. The van der Waals surface area contributed by atoms with Crippen molar-refractivity contribution in [3.8, 4) is 0 Å². The number of carbonyl (C=O) groups is 3. The maximum Gasteiger partial charge on any atom is 0.326 e. The molecule has 2 fully saturated rings. The lowest BCUT2D eigenvalue weighted by Gasteiger charge is -2.38. The summed E-state index contributed by atoms with van der Waals surface area (Å²) in [6.45, 7) is 2.22. The molecule has 1 aromatic rings.